The number of hydrogen-bond acceptors (Lipinski definition) is 2. The first kappa shape index (κ1) is 10.2. The van der Waals surface area contributed by atoms with Gasteiger partial charge < -0.3 is 5.11 Å². The van der Waals surface area contributed by atoms with Crippen molar-refractivity contribution in [2.45, 2.75) is 45.1 Å². The van der Waals surface area contributed by atoms with Gasteiger partial charge in [0, 0.05) is 4.88 Å². The quantitative estimate of drug-likeness (QED) is 0.751. The third-order valence-electron chi connectivity index (χ3n) is 3.64. The molecule has 1 aromatic heterocycles. The zero-order valence-corrected chi connectivity index (χ0v) is 9.73. The minimum Gasteiger partial charge on any atom is -0.384 e. The Kier molecular flexibility index (Phi) is 2.44. The average Bonchev–Trinajstić information content (AvgIpc) is 2.63. The number of aliphatic hydroxyl groups is 1. The number of rotatable bonds is 1. The SMILES string of the molecule is CC1(C)CCCCC1(O)c1cccs1. The van der Waals surface area contributed by atoms with Crippen molar-refractivity contribution < 1.29 is 5.11 Å². The fourth-order valence-corrected chi connectivity index (χ4v) is 3.50. The van der Waals surface area contributed by atoms with Crippen LogP contribution >= 0.6 is 11.3 Å². The van der Waals surface area contributed by atoms with E-state index in [-0.39, 0.29) is 5.41 Å². The van der Waals surface area contributed by atoms with E-state index in [1.54, 1.807) is 11.3 Å². The van der Waals surface area contributed by atoms with Crippen LogP contribution in [-0.4, -0.2) is 5.11 Å². The van der Waals surface area contributed by atoms with Crippen LogP contribution in [0.1, 0.15) is 44.4 Å². The summed E-state index contributed by atoms with van der Waals surface area (Å²) in [5.74, 6) is 0. The summed E-state index contributed by atoms with van der Waals surface area (Å²) in [7, 11) is 0. The minimum atomic E-state index is -0.584. The molecular weight excluding hydrogens is 192 g/mol. The second-order valence-electron chi connectivity index (χ2n) is 4.93. The van der Waals surface area contributed by atoms with E-state index in [4.69, 9.17) is 0 Å². The van der Waals surface area contributed by atoms with Gasteiger partial charge >= 0.3 is 0 Å². The zero-order valence-electron chi connectivity index (χ0n) is 8.92. The summed E-state index contributed by atoms with van der Waals surface area (Å²) in [5.41, 5.74) is -0.560. The Morgan fingerprint density at radius 2 is 2.00 bits per heavy atom. The Bertz CT molecular complexity index is 302. The van der Waals surface area contributed by atoms with Gasteiger partial charge in [0.25, 0.3) is 0 Å². The van der Waals surface area contributed by atoms with Crippen LogP contribution < -0.4 is 0 Å². The lowest BCUT2D eigenvalue weighted by Crippen LogP contribution is -2.43. The molecule has 0 radical (unpaired) electrons. The molecule has 1 N–H and O–H groups in total. The van der Waals surface area contributed by atoms with Crippen molar-refractivity contribution in [3.8, 4) is 0 Å². The van der Waals surface area contributed by atoms with Gasteiger partial charge in [-0.05, 0) is 29.7 Å². The van der Waals surface area contributed by atoms with Gasteiger partial charge in [-0.1, -0.05) is 32.8 Å². The molecule has 1 aliphatic carbocycles. The van der Waals surface area contributed by atoms with E-state index < -0.39 is 5.60 Å². The molecule has 1 aliphatic rings. The molecule has 0 amide bonds. The third-order valence-corrected chi connectivity index (χ3v) is 4.66. The van der Waals surface area contributed by atoms with Crippen LogP contribution in [0.15, 0.2) is 17.5 Å². The first-order chi connectivity index (χ1) is 6.56. The maximum absolute atomic E-state index is 10.8. The molecule has 14 heavy (non-hydrogen) atoms. The first-order valence-corrected chi connectivity index (χ1v) is 6.21. The third kappa shape index (κ3) is 1.41. The van der Waals surface area contributed by atoms with Crippen molar-refractivity contribution >= 4 is 11.3 Å². The highest BCUT2D eigenvalue weighted by Gasteiger charge is 2.46. The van der Waals surface area contributed by atoms with Gasteiger partial charge in [0.05, 0.1) is 0 Å². The van der Waals surface area contributed by atoms with Crippen LogP contribution in [0.4, 0.5) is 0 Å². The maximum Gasteiger partial charge on any atom is 0.104 e. The Hall–Kier alpha value is -0.340. The molecule has 0 aliphatic heterocycles. The second kappa shape index (κ2) is 3.35. The van der Waals surface area contributed by atoms with Gasteiger partial charge in [-0.25, -0.2) is 0 Å². The molecular formula is C12H18OS. The predicted molar refractivity (Wildman–Crippen MR) is 60.5 cm³/mol. The highest BCUT2D eigenvalue weighted by molar-refractivity contribution is 7.10. The average molecular weight is 210 g/mol. The van der Waals surface area contributed by atoms with Crippen LogP contribution in [0.3, 0.4) is 0 Å². The molecule has 1 nitrogen and oxygen atoms in total. The van der Waals surface area contributed by atoms with Crippen LogP contribution in [0.25, 0.3) is 0 Å². The van der Waals surface area contributed by atoms with Crippen LogP contribution in [0.5, 0.6) is 0 Å². The molecule has 0 spiro atoms. The van der Waals surface area contributed by atoms with Gasteiger partial charge in [0.15, 0.2) is 0 Å². The lowest BCUT2D eigenvalue weighted by molar-refractivity contribution is -0.101. The van der Waals surface area contributed by atoms with Crippen molar-refractivity contribution in [2.75, 3.05) is 0 Å². The van der Waals surface area contributed by atoms with Crippen molar-refractivity contribution in [3.63, 3.8) is 0 Å². The fraction of sp³-hybridized carbons (Fsp3) is 0.667. The van der Waals surface area contributed by atoms with Gasteiger partial charge in [-0.3, -0.25) is 0 Å². The van der Waals surface area contributed by atoms with E-state index >= 15 is 0 Å². The van der Waals surface area contributed by atoms with Gasteiger partial charge in [-0.2, -0.15) is 0 Å². The van der Waals surface area contributed by atoms with Crippen LogP contribution in [-0.2, 0) is 5.60 Å². The molecule has 1 heterocycles. The normalized spacial score (nSPS) is 31.6. The molecule has 1 fully saturated rings. The fourth-order valence-electron chi connectivity index (χ4n) is 2.46. The summed E-state index contributed by atoms with van der Waals surface area (Å²) in [4.78, 5) is 1.14. The largest absolute Gasteiger partial charge is 0.384 e. The zero-order chi connectivity index (χ0) is 10.2. The molecule has 2 rings (SSSR count). The van der Waals surface area contributed by atoms with E-state index in [1.165, 1.54) is 6.42 Å². The molecule has 2 heteroatoms. The highest BCUT2D eigenvalue weighted by atomic mass is 32.1. The molecule has 0 bridgehead atoms. The van der Waals surface area contributed by atoms with E-state index in [2.05, 4.69) is 25.3 Å². The number of hydrogen-bond donors (Lipinski definition) is 1. The van der Waals surface area contributed by atoms with E-state index in [1.807, 2.05) is 6.07 Å². The summed E-state index contributed by atoms with van der Waals surface area (Å²) in [6, 6.07) is 4.10. The molecule has 1 saturated carbocycles. The van der Waals surface area contributed by atoms with Crippen molar-refractivity contribution in [3.05, 3.63) is 22.4 Å². The molecule has 0 saturated heterocycles. The Morgan fingerprint density at radius 1 is 1.29 bits per heavy atom. The smallest absolute Gasteiger partial charge is 0.104 e. The van der Waals surface area contributed by atoms with Crippen molar-refractivity contribution in [1.82, 2.24) is 0 Å². The minimum absolute atomic E-state index is 0.0239. The van der Waals surface area contributed by atoms with Gasteiger partial charge in [0.2, 0.25) is 0 Å². The summed E-state index contributed by atoms with van der Waals surface area (Å²) in [6.07, 6.45) is 4.44. The van der Waals surface area contributed by atoms with E-state index in [9.17, 15) is 5.11 Å². The second-order valence-corrected chi connectivity index (χ2v) is 5.88. The summed E-state index contributed by atoms with van der Waals surface area (Å²) in [6.45, 7) is 4.37. The lowest BCUT2D eigenvalue weighted by Gasteiger charge is -2.46. The maximum atomic E-state index is 10.8. The summed E-state index contributed by atoms with van der Waals surface area (Å²) in [5, 5.41) is 12.8. The molecule has 1 aromatic rings. The summed E-state index contributed by atoms with van der Waals surface area (Å²) >= 11 is 1.68. The van der Waals surface area contributed by atoms with E-state index in [0.29, 0.717) is 0 Å². The Labute approximate surface area is 89.8 Å². The number of thiophene rings is 1. The predicted octanol–water partition coefficient (Wildman–Crippen LogP) is 3.54. The van der Waals surface area contributed by atoms with Crippen LogP contribution in [0.2, 0.25) is 0 Å². The molecule has 78 valence electrons. The van der Waals surface area contributed by atoms with E-state index in [0.717, 1.165) is 24.1 Å². The molecule has 1 atom stereocenters. The Morgan fingerprint density at radius 3 is 2.57 bits per heavy atom. The van der Waals surface area contributed by atoms with Gasteiger partial charge in [-0.15, -0.1) is 11.3 Å². The molecule has 0 aromatic carbocycles. The monoisotopic (exact) mass is 210 g/mol. The topological polar surface area (TPSA) is 20.2 Å². The van der Waals surface area contributed by atoms with Crippen molar-refractivity contribution in [2.24, 2.45) is 5.41 Å². The lowest BCUT2D eigenvalue weighted by atomic mass is 9.65. The van der Waals surface area contributed by atoms with Crippen LogP contribution in [0, 0.1) is 5.41 Å². The van der Waals surface area contributed by atoms with Gasteiger partial charge in [0.1, 0.15) is 5.60 Å². The molecule has 1 unspecified atom stereocenters. The highest BCUT2D eigenvalue weighted by Crippen LogP contribution is 2.51. The first-order valence-electron chi connectivity index (χ1n) is 5.33. The van der Waals surface area contributed by atoms with Crippen molar-refractivity contribution in [1.29, 1.82) is 0 Å². The summed E-state index contributed by atoms with van der Waals surface area (Å²) < 4.78 is 0. The Balaban J connectivity index is 2.37. The standard InChI is InChI=1S/C12H18OS/c1-11(2)7-3-4-8-12(11,13)10-6-5-9-14-10/h5-6,9,13H,3-4,7-8H2,1-2H3.